The van der Waals surface area contributed by atoms with Crippen LogP contribution in [0.5, 0.6) is 0 Å². The predicted molar refractivity (Wildman–Crippen MR) is 85.9 cm³/mol. The number of thiophene rings is 1. The number of rotatable bonds is 4. The van der Waals surface area contributed by atoms with E-state index < -0.39 is 0 Å². The third-order valence-electron chi connectivity index (χ3n) is 2.97. The van der Waals surface area contributed by atoms with Gasteiger partial charge in [-0.05, 0) is 36.8 Å². The number of aryl methyl sites for hydroxylation is 1. The Labute approximate surface area is 128 Å². The van der Waals surface area contributed by atoms with Crippen LogP contribution in [-0.2, 0) is 6.54 Å². The summed E-state index contributed by atoms with van der Waals surface area (Å²) in [7, 11) is 3.51. The van der Waals surface area contributed by atoms with Crippen molar-refractivity contribution in [2.24, 2.45) is 0 Å². The fourth-order valence-corrected chi connectivity index (χ4v) is 2.86. The van der Waals surface area contributed by atoms with Gasteiger partial charge < -0.3 is 10.2 Å². The zero-order valence-corrected chi connectivity index (χ0v) is 13.3. The Hall–Kier alpha value is -1.52. The first kappa shape index (κ1) is 14.9. The maximum absolute atomic E-state index is 12.0. The molecular weight excluding hydrogens is 292 g/mol. The first-order valence-electron chi connectivity index (χ1n) is 6.28. The highest BCUT2D eigenvalue weighted by Gasteiger charge is 2.10. The molecule has 1 heterocycles. The van der Waals surface area contributed by atoms with Gasteiger partial charge >= 0.3 is 0 Å². The molecule has 0 fully saturated rings. The summed E-state index contributed by atoms with van der Waals surface area (Å²) in [5, 5.41) is 3.36. The fourth-order valence-electron chi connectivity index (χ4n) is 1.83. The number of amides is 1. The average molecular weight is 309 g/mol. The molecule has 2 rings (SSSR count). The Morgan fingerprint density at radius 3 is 2.65 bits per heavy atom. The summed E-state index contributed by atoms with van der Waals surface area (Å²) in [6, 6.07) is 9.60. The van der Waals surface area contributed by atoms with Crippen molar-refractivity contribution in [2.45, 2.75) is 13.5 Å². The maximum atomic E-state index is 12.0. The monoisotopic (exact) mass is 308 g/mol. The highest BCUT2D eigenvalue weighted by Crippen LogP contribution is 2.24. The second-order valence-electron chi connectivity index (χ2n) is 4.79. The van der Waals surface area contributed by atoms with Crippen LogP contribution in [0.3, 0.4) is 0 Å². The SMILES string of the molecule is Cc1ccc(C(=O)N(C)C)cc1NCc1ccc(Cl)s1. The number of hydrogen-bond acceptors (Lipinski definition) is 3. The van der Waals surface area contributed by atoms with E-state index in [0.717, 1.165) is 15.6 Å². The molecule has 20 heavy (non-hydrogen) atoms. The molecule has 1 N–H and O–H groups in total. The summed E-state index contributed by atoms with van der Waals surface area (Å²) in [6.45, 7) is 2.73. The number of hydrogen-bond donors (Lipinski definition) is 1. The Kier molecular flexibility index (Phi) is 4.68. The Morgan fingerprint density at radius 2 is 2.05 bits per heavy atom. The third-order valence-corrected chi connectivity index (χ3v) is 4.20. The van der Waals surface area contributed by atoms with E-state index in [2.05, 4.69) is 5.32 Å². The molecule has 0 spiro atoms. The van der Waals surface area contributed by atoms with E-state index in [0.29, 0.717) is 12.1 Å². The molecule has 0 atom stereocenters. The van der Waals surface area contributed by atoms with Crippen LogP contribution in [0.2, 0.25) is 4.34 Å². The van der Waals surface area contributed by atoms with Gasteiger partial charge in [0.15, 0.2) is 0 Å². The van der Waals surface area contributed by atoms with Gasteiger partial charge in [0, 0.05) is 36.8 Å². The Bertz CT molecular complexity index is 622. The lowest BCUT2D eigenvalue weighted by Crippen LogP contribution is -2.21. The topological polar surface area (TPSA) is 32.3 Å². The molecule has 106 valence electrons. The highest BCUT2D eigenvalue weighted by atomic mass is 35.5. The van der Waals surface area contributed by atoms with Crippen molar-refractivity contribution < 1.29 is 4.79 Å². The summed E-state index contributed by atoms with van der Waals surface area (Å²) >= 11 is 7.47. The molecule has 1 amide bonds. The van der Waals surface area contributed by atoms with Crippen molar-refractivity contribution in [1.29, 1.82) is 0 Å². The molecule has 0 bridgehead atoms. The van der Waals surface area contributed by atoms with Crippen molar-refractivity contribution >= 4 is 34.5 Å². The third kappa shape index (κ3) is 3.52. The van der Waals surface area contributed by atoms with Gasteiger partial charge in [-0.25, -0.2) is 0 Å². The van der Waals surface area contributed by atoms with Crippen molar-refractivity contribution in [3.05, 3.63) is 50.7 Å². The summed E-state index contributed by atoms with van der Waals surface area (Å²) < 4.78 is 0.787. The summed E-state index contributed by atoms with van der Waals surface area (Å²) in [5.41, 5.74) is 2.78. The molecular formula is C15H17ClN2OS. The lowest BCUT2D eigenvalue weighted by atomic mass is 10.1. The van der Waals surface area contributed by atoms with Crippen LogP contribution in [-0.4, -0.2) is 24.9 Å². The van der Waals surface area contributed by atoms with E-state index >= 15 is 0 Å². The predicted octanol–water partition coefficient (Wildman–Crippen LogP) is 4.02. The first-order chi connectivity index (χ1) is 9.47. The Balaban J connectivity index is 2.14. The van der Waals surface area contributed by atoms with Crippen molar-refractivity contribution in [3.63, 3.8) is 0 Å². The zero-order valence-electron chi connectivity index (χ0n) is 11.7. The highest BCUT2D eigenvalue weighted by molar-refractivity contribution is 7.16. The van der Waals surface area contributed by atoms with Gasteiger partial charge in [0.05, 0.1) is 4.34 Å². The molecule has 1 aromatic carbocycles. The maximum Gasteiger partial charge on any atom is 0.253 e. The summed E-state index contributed by atoms with van der Waals surface area (Å²) in [5.74, 6) is 0.00668. The zero-order chi connectivity index (χ0) is 14.7. The number of halogens is 1. The summed E-state index contributed by atoms with van der Waals surface area (Å²) in [6.07, 6.45) is 0. The number of anilines is 1. The van der Waals surface area contributed by atoms with Gasteiger partial charge in [0.1, 0.15) is 0 Å². The normalized spacial score (nSPS) is 10.4. The smallest absolute Gasteiger partial charge is 0.253 e. The van der Waals surface area contributed by atoms with E-state index in [9.17, 15) is 4.79 Å². The number of carbonyl (C=O) groups is 1. The van der Waals surface area contributed by atoms with Gasteiger partial charge in [0.2, 0.25) is 0 Å². The van der Waals surface area contributed by atoms with Gasteiger partial charge in [-0.3, -0.25) is 4.79 Å². The molecule has 0 saturated carbocycles. The minimum Gasteiger partial charge on any atom is -0.380 e. The quantitative estimate of drug-likeness (QED) is 0.925. The van der Waals surface area contributed by atoms with E-state index in [-0.39, 0.29) is 5.91 Å². The first-order valence-corrected chi connectivity index (χ1v) is 7.47. The molecule has 3 nitrogen and oxygen atoms in total. The standard InChI is InChI=1S/C15H17ClN2OS/c1-10-4-5-11(15(19)18(2)3)8-13(10)17-9-12-6-7-14(16)20-12/h4-8,17H,9H2,1-3H3. The lowest BCUT2D eigenvalue weighted by Gasteiger charge is -2.14. The summed E-state index contributed by atoms with van der Waals surface area (Å²) in [4.78, 5) is 14.7. The van der Waals surface area contributed by atoms with Crippen LogP contribution in [0.15, 0.2) is 30.3 Å². The fraction of sp³-hybridized carbons (Fsp3) is 0.267. The van der Waals surface area contributed by atoms with E-state index in [1.165, 1.54) is 4.88 Å². The Morgan fingerprint density at radius 1 is 1.30 bits per heavy atom. The van der Waals surface area contributed by atoms with Gasteiger partial charge in [-0.1, -0.05) is 17.7 Å². The van der Waals surface area contributed by atoms with Gasteiger partial charge in [-0.2, -0.15) is 0 Å². The number of benzene rings is 1. The van der Waals surface area contributed by atoms with Gasteiger partial charge in [0.25, 0.3) is 5.91 Å². The van der Waals surface area contributed by atoms with Crippen molar-refractivity contribution in [2.75, 3.05) is 19.4 Å². The molecule has 0 radical (unpaired) electrons. The molecule has 0 aliphatic heterocycles. The number of nitrogens with one attached hydrogen (secondary N) is 1. The van der Waals surface area contributed by atoms with Crippen LogP contribution in [0, 0.1) is 6.92 Å². The van der Waals surface area contributed by atoms with E-state index in [4.69, 9.17) is 11.6 Å². The molecule has 1 aromatic heterocycles. The van der Waals surface area contributed by atoms with Crippen LogP contribution in [0.4, 0.5) is 5.69 Å². The van der Waals surface area contributed by atoms with Crippen LogP contribution >= 0.6 is 22.9 Å². The second-order valence-corrected chi connectivity index (χ2v) is 6.59. The average Bonchev–Trinajstić information content (AvgIpc) is 2.82. The van der Waals surface area contributed by atoms with Crippen LogP contribution in [0.1, 0.15) is 20.8 Å². The van der Waals surface area contributed by atoms with Crippen molar-refractivity contribution in [3.8, 4) is 0 Å². The second kappa shape index (κ2) is 6.29. The minimum absolute atomic E-state index is 0.00668. The minimum atomic E-state index is 0.00668. The molecule has 5 heteroatoms. The molecule has 0 aliphatic carbocycles. The number of carbonyl (C=O) groups excluding carboxylic acids is 1. The lowest BCUT2D eigenvalue weighted by molar-refractivity contribution is 0.0827. The van der Waals surface area contributed by atoms with E-state index in [1.807, 2.05) is 37.3 Å². The molecule has 0 saturated heterocycles. The van der Waals surface area contributed by atoms with Crippen LogP contribution < -0.4 is 5.32 Å². The van der Waals surface area contributed by atoms with E-state index in [1.54, 1.807) is 30.3 Å². The number of nitrogens with zero attached hydrogens (tertiary/aromatic N) is 1. The van der Waals surface area contributed by atoms with Crippen LogP contribution in [0.25, 0.3) is 0 Å². The largest absolute Gasteiger partial charge is 0.380 e. The molecule has 2 aromatic rings. The molecule has 0 aliphatic rings. The van der Waals surface area contributed by atoms with Gasteiger partial charge in [-0.15, -0.1) is 11.3 Å². The molecule has 0 unspecified atom stereocenters. The van der Waals surface area contributed by atoms with Crippen molar-refractivity contribution in [1.82, 2.24) is 4.90 Å².